The van der Waals surface area contributed by atoms with E-state index in [9.17, 15) is 13.2 Å². The van der Waals surface area contributed by atoms with E-state index >= 15 is 0 Å². The average Bonchev–Trinajstić information content (AvgIpc) is 3.61. The number of hydrogen-bond acceptors (Lipinski definition) is 8. The third-order valence-electron chi connectivity index (χ3n) is 6.88. The number of ether oxygens (including phenoxy) is 4. The standard InChI is InChI=1S/C32H25Cl2NO8S/c1-2-39-31(36)28-15-20-14-22(12-13-27(20)35(28)18-21-16-29-30(17-26(21)34)41-19-40-29)42-32(24-10-6-7-11-25(24)33)43-44(37,38)23-8-4-3-5-9-23/h3-17,32H,2,18-19H2,1H3. The van der Waals surface area contributed by atoms with Gasteiger partial charge in [0.2, 0.25) is 13.1 Å². The van der Waals surface area contributed by atoms with Crippen molar-refractivity contribution in [3.05, 3.63) is 118 Å². The van der Waals surface area contributed by atoms with Gasteiger partial charge in [-0.1, -0.05) is 59.6 Å². The third kappa shape index (κ3) is 6.07. The number of halogens is 2. The highest BCUT2D eigenvalue weighted by Crippen LogP contribution is 2.38. The first-order valence-electron chi connectivity index (χ1n) is 13.5. The number of nitrogens with zero attached hydrogens (tertiary/aromatic N) is 1. The highest BCUT2D eigenvalue weighted by molar-refractivity contribution is 7.86. The van der Waals surface area contributed by atoms with Gasteiger partial charge in [-0.25, -0.2) is 8.98 Å². The number of benzene rings is 4. The summed E-state index contributed by atoms with van der Waals surface area (Å²) in [6.07, 6.45) is -1.41. The summed E-state index contributed by atoms with van der Waals surface area (Å²) < 4.78 is 56.1. The van der Waals surface area contributed by atoms with Crippen molar-refractivity contribution in [2.75, 3.05) is 13.4 Å². The van der Waals surface area contributed by atoms with Crippen LogP contribution in [0.3, 0.4) is 0 Å². The summed E-state index contributed by atoms with van der Waals surface area (Å²) in [5.74, 6) is 0.868. The molecule has 0 saturated heterocycles. The van der Waals surface area contributed by atoms with Crippen LogP contribution in [-0.2, 0) is 25.6 Å². The Morgan fingerprint density at radius 3 is 2.39 bits per heavy atom. The zero-order valence-electron chi connectivity index (χ0n) is 23.2. The number of fused-ring (bicyclic) bond motifs is 2. The molecule has 0 N–H and O–H groups in total. The van der Waals surface area contributed by atoms with E-state index < -0.39 is 22.4 Å². The molecule has 0 spiro atoms. The van der Waals surface area contributed by atoms with Gasteiger partial charge >= 0.3 is 16.1 Å². The topological polar surface area (TPSA) is 102 Å². The van der Waals surface area contributed by atoms with Gasteiger partial charge in [0.25, 0.3) is 0 Å². The second kappa shape index (κ2) is 12.4. The number of esters is 1. The lowest BCUT2D eigenvalue weighted by Gasteiger charge is -2.20. The van der Waals surface area contributed by atoms with Crippen molar-refractivity contribution >= 4 is 50.2 Å². The molecule has 0 saturated carbocycles. The second-order valence-corrected chi connectivity index (χ2v) is 12.1. The van der Waals surface area contributed by atoms with Crippen molar-refractivity contribution in [3.63, 3.8) is 0 Å². The molecule has 0 aliphatic carbocycles. The fourth-order valence-corrected chi connectivity index (χ4v) is 6.21. The Hall–Kier alpha value is -4.22. The number of carbonyl (C=O) groups excluding carboxylic acids is 1. The van der Waals surface area contributed by atoms with Crippen LogP contribution in [0.1, 0.15) is 34.8 Å². The van der Waals surface area contributed by atoms with Crippen LogP contribution in [-0.4, -0.2) is 32.4 Å². The summed E-state index contributed by atoms with van der Waals surface area (Å²) in [6.45, 7) is 2.24. The van der Waals surface area contributed by atoms with Gasteiger partial charge in [0.15, 0.2) is 11.5 Å². The van der Waals surface area contributed by atoms with Gasteiger partial charge in [-0.15, -0.1) is 0 Å². The monoisotopic (exact) mass is 653 g/mol. The SMILES string of the molecule is CCOC(=O)c1cc2cc(OC(OS(=O)(=O)c3ccccc3)c3ccccc3Cl)ccc2n1Cc1cc2c(cc1Cl)OCO2. The quantitative estimate of drug-likeness (QED) is 0.0874. The van der Waals surface area contributed by atoms with E-state index in [-0.39, 0.29) is 35.6 Å². The van der Waals surface area contributed by atoms with Crippen molar-refractivity contribution in [2.24, 2.45) is 0 Å². The van der Waals surface area contributed by atoms with Gasteiger partial charge in [0, 0.05) is 27.6 Å². The van der Waals surface area contributed by atoms with Crippen LogP contribution in [0, 0.1) is 0 Å². The van der Waals surface area contributed by atoms with Gasteiger partial charge in [0.05, 0.1) is 23.1 Å². The second-order valence-electron chi connectivity index (χ2n) is 9.69. The highest BCUT2D eigenvalue weighted by atomic mass is 35.5. The maximum atomic E-state index is 13.2. The van der Waals surface area contributed by atoms with Gasteiger partial charge in [-0.05, 0) is 61.0 Å². The lowest BCUT2D eigenvalue weighted by Crippen LogP contribution is -2.18. The molecule has 12 heteroatoms. The maximum absolute atomic E-state index is 13.2. The van der Waals surface area contributed by atoms with Gasteiger partial charge in [-0.2, -0.15) is 8.42 Å². The van der Waals surface area contributed by atoms with Crippen molar-refractivity contribution in [1.82, 2.24) is 4.57 Å². The summed E-state index contributed by atoms with van der Waals surface area (Å²) in [5.41, 5.74) is 1.99. The molecule has 2 heterocycles. The van der Waals surface area contributed by atoms with Crippen LogP contribution >= 0.6 is 23.2 Å². The molecule has 0 radical (unpaired) electrons. The highest BCUT2D eigenvalue weighted by Gasteiger charge is 2.27. The first-order valence-corrected chi connectivity index (χ1v) is 15.7. The molecular formula is C32H25Cl2NO8S. The minimum atomic E-state index is -4.23. The van der Waals surface area contributed by atoms with Crippen LogP contribution in [0.15, 0.2) is 95.9 Å². The van der Waals surface area contributed by atoms with Gasteiger partial charge < -0.3 is 23.5 Å². The summed E-state index contributed by atoms with van der Waals surface area (Å²) in [7, 11) is -4.23. The Morgan fingerprint density at radius 2 is 1.64 bits per heavy atom. The van der Waals surface area contributed by atoms with Crippen molar-refractivity contribution in [3.8, 4) is 17.2 Å². The predicted octanol–water partition coefficient (Wildman–Crippen LogP) is 7.38. The van der Waals surface area contributed by atoms with E-state index in [0.29, 0.717) is 44.2 Å². The third-order valence-corrected chi connectivity index (χ3v) is 8.85. The van der Waals surface area contributed by atoms with Gasteiger partial charge in [-0.3, -0.25) is 0 Å². The largest absolute Gasteiger partial charge is 0.461 e. The molecular weight excluding hydrogens is 629 g/mol. The van der Waals surface area contributed by atoms with Crippen molar-refractivity contribution < 1.29 is 36.3 Å². The first-order chi connectivity index (χ1) is 21.2. The minimum absolute atomic E-state index is 0.0329. The zero-order valence-corrected chi connectivity index (χ0v) is 25.6. The molecule has 1 aliphatic rings. The van der Waals surface area contributed by atoms with E-state index in [1.54, 1.807) is 90.4 Å². The van der Waals surface area contributed by atoms with Gasteiger partial charge in [0.1, 0.15) is 11.4 Å². The van der Waals surface area contributed by atoms with E-state index in [4.69, 9.17) is 46.3 Å². The Kier molecular flexibility index (Phi) is 8.42. The summed E-state index contributed by atoms with van der Waals surface area (Å²) >= 11 is 13.0. The fourth-order valence-electron chi connectivity index (χ4n) is 4.80. The normalized spacial score (nSPS) is 13.2. The molecule has 0 bridgehead atoms. The Balaban J connectivity index is 1.38. The lowest BCUT2D eigenvalue weighted by atomic mass is 10.2. The maximum Gasteiger partial charge on any atom is 0.354 e. The molecule has 0 fully saturated rings. The van der Waals surface area contributed by atoms with Crippen LogP contribution in [0.2, 0.25) is 10.0 Å². The van der Waals surface area contributed by atoms with Crippen LogP contribution in [0.5, 0.6) is 17.2 Å². The zero-order chi connectivity index (χ0) is 30.8. The number of aromatic nitrogens is 1. The Labute approximate surface area is 263 Å². The molecule has 1 aromatic heterocycles. The van der Waals surface area contributed by atoms with Crippen LogP contribution in [0.25, 0.3) is 10.9 Å². The summed E-state index contributed by atoms with van der Waals surface area (Å²) in [5, 5.41) is 1.34. The minimum Gasteiger partial charge on any atom is -0.461 e. The summed E-state index contributed by atoms with van der Waals surface area (Å²) in [4.78, 5) is 13.0. The first kappa shape index (κ1) is 29.8. The van der Waals surface area contributed by atoms with Crippen molar-refractivity contribution in [1.29, 1.82) is 0 Å². The molecule has 1 atom stereocenters. The van der Waals surface area contributed by atoms with Crippen LogP contribution < -0.4 is 14.2 Å². The van der Waals surface area contributed by atoms with Crippen molar-refractivity contribution in [2.45, 2.75) is 24.7 Å². The van der Waals surface area contributed by atoms with E-state index in [2.05, 4.69) is 0 Å². The van der Waals surface area contributed by atoms with E-state index in [1.807, 2.05) is 0 Å². The molecule has 5 aromatic rings. The smallest absolute Gasteiger partial charge is 0.354 e. The number of rotatable bonds is 10. The molecule has 226 valence electrons. The molecule has 0 amide bonds. The molecule has 1 unspecified atom stereocenters. The van der Waals surface area contributed by atoms with E-state index in [1.165, 1.54) is 12.1 Å². The lowest BCUT2D eigenvalue weighted by molar-refractivity contribution is 0.00981. The number of carbonyl (C=O) groups is 1. The van der Waals surface area contributed by atoms with E-state index in [0.717, 1.165) is 0 Å². The molecule has 6 rings (SSSR count). The molecule has 4 aromatic carbocycles. The average molecular weight is 655 g/mol. The fraction of sp³-hybridized carbons (Fsp3) is 0.156. The molecule has 1 aliphatic heterocycles. The Morgan fingerprint density at radius 1 is 0.909 bits per heavy atom. The Bertz CT molecular complexity index is 1960. The molecule has 9 nitrogen and oxygen atoms in total. The molecule has 44 heavy (non-hydrogen) atoms. The number of hydrogen-bond donors (Lipinski definition) is 0. The van der Waals surface area contributed by atoms with Crippen LogP contribution in [0.4, 0.5) is 0 Å². The predicted molar refractivity (Wildman–Crippen MR) is 164 cm³/mol. The summed E-state index contributed by atoms with van der Waals surface area (Å²) in [6, 6.07) is 24.6.